The minimum absolute atomic E-state index is 0.0993. The summed E-state index contributed by atoms with van der Waals surface area (Å²) in [6.45, 7) is 7.63. The van der Waals surface area contributed by atoms with Crippen LogP contribution >= 0.6 is 0 Å². The van der Waals surface area contributed by atoms with Gasteiger partial charge in [0.15, 0.2) is 5.78 Å². The number of carbonyl (C=O) groups is 2. The highest BCUT2D eigenvalue weighted by Gasteiger charge is 2.42. The Balaban J connectivity index is 0.000000909. The first kappa shape index (κ1) is 30.4. The molecule has 2 aliphatic rings. The molecule has 2 aliphatic carbocycles. The standard InChI is InChI=1S/C35H41NO.C2H4O2/c1-4-20-35(21-5-2)31-22-26(33(36)19-14-25-11-7-8-12-25)15-17-29(31)30-18-16-27(23-32(30)35)34(37)28-13-9-6-10-24(28)3;1-2(3)4/h6,9-10,13,15-18,22-23,25,36H,4-5,7-8,11-12,14,19-21H2,1-3H3;1H3,(H,3,4). The fourth-order valence-electron chi connectivity index (χ4n) is 7.12. The Kier molecular flexibility index (Phi) is 9.96. The number of ketones is 1. The maximum atomic E-state index is 13.6. The zero-order chi connectivity index (χ0) is 29.6. The number of fused-ring (bicyclic) bond motifs is 3. The summed E-state index contributed by atoms with van der Waals surface area (Å²) in [7, 11) is 0. The van der Waals surface area contributed by atoms with Crippen LogP contribution in [0, 0.1) is 18.3 Å². The molecule has 41 heavy (non-hydrogen) atoms. The summed E-state index contributed by atoms with van der Waals surface area (Å²) < 4.78 is 0. The molecule has 216 valence electrons. The molecule has 0 heterocycles. The second-order valence-electron chi connectivity index (χ2n) is 11.9. The van der Waals surface area contributed by atoms with E-state index >= 15 is 0 Å². The third-order valence-corrected chi connectivity index (χ3v) is 8.99. The van der Waals surface area contributed by atoms with Gasteiger partial charge in [-0.3, -0.25) is 9.59 Å². The van der Waals surface area contributed by atoms with Crippen LogP contribution in [-0.2, 0) is 10.2 Å². The van der Waals surface area contributed by atoms with Gasteiger partial charge in [-0.15, -0.1) is 0 Å². The van der Waals surface area contributed by atoms with Crippen molar-refractivity contribution in [2.75, 3.05) is 0 Å². The molecule has 0 saturated heterocycles. The van der Waals surface area contributed by atoms with E-state index in [2.05, 4.69) is 44.2 Å². The lowest BCUT2D eigenvalue weighted by atomic mass is 9.71. The molecule has 1 fully saturated rings. The quantitative estimate of drug-likeness (QED) is 0.194. The molecule has 0 spiro atoms. The summed E-state index contributed by atoms with van der Waals surface area (Å²) in [6, 6.07) is 21.0. The van der Waals surface area contributed by atoms with Gasteiger partial charge in [-0.2, -0.15) is 0 Å². The van der Waals surface area contributed by atoms with Gasteiger partial charge in [0.2, 0.25) is 0 Å². The molecular weight excluding hydrogens is 506 g/mol. The topological polar surface area (TPSA) is 78.2 Å². The highest BCUT2D eigenvalue weighted by molar-refractivity contribution is 6.10. The summed E-state index contributed by atoms with van der Waals surface area (Å²) in [5.41, 5.74) is 9.58. The van der Waals surface area contributed by atoms with Crippen LogP contribution in [0.25, 0.3) is 11.1 Å². The number of aryl methyl sites for hydroxylation is 1. The smallest absolute Gasteiger partial charge is 0.300 e. The lowest BCUT2D eigenvalue weighted by molar-refractivity contribution is -0.134. The van der Waals surface area contributed by atoms with Crippen LogP contribution in [0.2, 0.25) is 0 Å². The molecule has 0 aromatic heterocycles. The Bertz CT molecular complexity index is 1400. The van der Waals surface area contributed by atoms with Crippen molar-refractivity contribution >= 4 is 17.5 Å². The highest BCUT2D eigenvalue weighted by atomic mass is 16.4. The van der Waals surface area contributed by atoms with E-state index in [0.29, 0.717) is 0 Å². The summed E-state index contributed by atoms with van der Waals surface area (Å²) in [6.07, 6.45) is 11.7. The van der Waals surface area contributed by atoms with Gasteiger partial charge in [0.25, 0.3) is 5.97 Å². The fraction of sp³-hybridized carbons (Fsp3) is 0.432. The summed E-state index contributed by atoms with van der Waals surface area (Å²) >= 11 is 0. The molecule has 3 aromatic rings. The van der Waals surface area contributed by atoms with E-state index < -0.39 is 5.97 Å². The van der Waals surface area contributed by atoms with Crippen molar-refractivity contribution < 1.29 is 14.7 Å². The van der Waals surface area contributed by atoms with Crippen LogP contribution in [0.1, 0.15) is 123 Å². The average molecular weight is 552 g/mol. The molecule has 0 radical (unpaired) electrons. The van der Waals surface area contributed by atoms with Crippen molar-refractivity contribution in [1.29, 1.82) is 5.41 Å². The molecule has 0 amide bonds. The molecule has 5 rings (SSSR count). The zero-order valence-corrected chi connectivity index (χ0v) is 25.2. The molecule has 1 saturated carbocycles. The number of rotatable bonds is 10. The first-order chi connectivity index (χ1) is 19.7. The summed E-state index contributed by atoms with van der Waals surface area (Å²) in [5, 5.41) is 16.3. The zero-order valence-electron chi connectivity index (χ0n) is 25.2. The van der Waals surface area contributed by atoms with E-state index in [9.17, 15) is 4.79 Å². The van der Waals surface area contributed by atoms with Crippen LogP contribution in [0.3, 0.4) is 0 Å². The van der Waals surface area contributed by atoms with E-state index in [1.165, 1.54) is 47.9 Å². The van der Waals surface area contributed by atoms with Crippen LogP contribution in [0.15, 0.2) is 60.7 Å². The molecule has 0 bridgehead atoms. The van der Waals surface area contributed by atoms with Crippen LogP contribution in [0.4, 0.5) is 0 Å². The number of aliphatic carboxylic acids is 1. The largest absolute Gasteiger partial charge is 0.481 e. The Hall–Kier alpha value is -3.53. The van der Waals surface area contributed by atoms with Crippen LogP contribution < -0.4 is 0 Å². The van der Waals surface area contributed by atoms with Gasteiger partial charge in [-0.1, -0.05) is 101 Å². The Morgan fingerprint density at radius 1 is 0.878 bits per heavy atom. The first-order valence-electron chi connectivity index (χ1n) is 15.4. The Labute approximate surface area is 245 Å². The number of carboxylic acid groups (broad SMARTS) is 1. The number of benzene rings is 3. The lowest BCUT2D eigenvalue weighted by Gasteiger charge is -2.32. The van der Waals surface area contributed by atoms with E-state index in [-0.39, 0.29) is 11.2 Å². The van der Waals surface area contributed by atoms with Crippen molar-refractivity contribution in [3.05, 3.63) is 94.0 Å². The van der Waals surface area contributed by atoms with Gasteiger partial charge in [-0.05, 0) is 84.0 Å². The monoisotopic (exact) mass is 551 g/mol. The first-order valence-corrected chi connectivity index (χ1v) is 15.4. The number of hydrogen-bond acceptors (Lipinski definition) is 3. The lowest BCUT2D eigenvalue weighted by Crippen LogP contribution is -2.25. The summed E-state index contributed by atoms with van der Waals surface area (Å²) in [4.78, 5) is 22.6. The van der Waals surface area contributed by atoms with Gasteiger partial charge in [0.05, 0.1) is 0 Å². The normalized spacial score (nSPS) is 15.0. The molecule has 0 atom stereocenters. The highest BCUT2D eigenvalue weighted by Crippen LogP contribution is 2.54. The van der Waals surface area contributed by atoms with Gasteiger partial charge in [0, 0.05) is 29.2 Å². The predicted octanol–water partition coefficient (Wildman–Crippen LogP) is 9.52. The number of carboxylic acids is 1. The molecule has 2 N–H and O–H groups in total. The van der Waals surface area contributed by atoms with Crippen LogP contribution in [-0.4, -0.2) is 22.6 Å². The third-order valence-electron chi connectivity index (χ3n) is 8.99. The van der Waals surface area contributed by atoms with Crippen molar-refractivity contribution in [3.63, 3.8) is 0 Å². The number of nitrogens with one attached hydrogen (secondary N) is 1. The third kappa shape index (κ3) is 6.53. The van der Waals surface area contributed by atoms with Crippen molar-refractivity contribution in [2.45, 2.75) is 97.3 Å². The van der Waals surface area contributed by atoms with E-state index in [0.717, 1.165) is 79.3 Å². The fourth-order valence-corrected chi connectivity index (χ4v) is 7.12. The average Bonchev–Trinajstić information content (AvgIpc) is 3.57. The molecule has 4 nitrogen and oxygen atoms in total. The molecular formula is C37H45NO3. The van der Waals surface area contributed by atoms with Gasteiger partial charge < -0.3 is 10.5 Å². The van der Waals surface area contributed by atoms with E-state index in [4.69, 9.17) is 15.3 Å². The molecule has 0 unspecified atom stereocenters. The Morgan fingerprint density at radius 2 is 1.41 bits per heavy atom. The van der Waals surface area contributed by atoms with Gasteiger partial charge >= 0.3 is 0 Å². The second kappa shape index (κ2) is 13.4. The Morgan fingerprint density at radius 3 is 1.98 bits per heavy atom. The molecule has 0 aliphatic heterocycles. The van der Waals surface area contributed by atoms with Gasteiger partial charge in [0.1, 0.15) is 0 Å². The molecule has 3 aromatic carbocycles. The van der Waals surface area contributed by atoms with Crippen molar-refractivity contribution in [2.24, 2.45) is 5.92 Å². The van der Waals surface area contributed by atoms with Gasteiger partial charge in [-0.25, -0.2) is 0 Å². The van der Waals surface area contributed by atoms with Crippen molar-refractivity contribution in [3.8, 4) is 11.1 Å². The number of hydrogen-bond donors (Lipinski definition) is 2. The maximum absolute atomic E-state index is 13.6. The minimum Gasteiger partial charge on any atom is -0.481 e. The van der Waals surface area contributed by atoms with Crippen LogP contribution in [0.5, 0.6) is 0 Å². The molecule has 4 heteroatoms. The second-order valence-corrected chi connectivity index (χ2v) is 11.9. The van der Waals surface area contributed by atoms with E-state index in [1.54, 1.807) is 0 Å². The maximum Gasteiger partial charge on any atom is 0.300 e. The summed E-state index contributed by atoms with van der Waals surface area (Å²) in [5.74, 6) is 0.0793. The number of carbonyl (C=O) groups excluding carboxylic acids is 1. The van der Waals surface area contributed by atoms with E-state index in [1.807, 2.05) is 37.3 Å². The predicted molar refractivity (Wildman–Crippen MR) is 168 cm³/mol. The van der Waals surface area contributed by atoms with Crippen molar-refractivity contribution in [1.82, 2.24) is 0 Å². The minimum atomic E-state index is -0.833. The SMILES string of the molecule is CC(=O)O.CCCC1(CCC)c2cc(C(=N)CCC3CCCC3)ccc2-c2ccc(C(=O)c3ccccc3C)cc21.